The van der Waals surface area contributed by atoms with Crippen LogP contribution in [0.15, 0.2) is 84.9 Å². The Bertz CT molecular complexity index is 1590. The fourth-order valence-electron chi connectivity index (χ4n) is 5.46. The standard InChI is InChI=1S/C31H26/c1-19-15-16-26-27-18-17-21(22-9-5-6-14-28(22)31(2,3)4)23-11-8-13-25(30(23)27)24-12-7-10-20(19)29(24)26/h5-18H,1-4H3. The molecule has 0 saturated heterocycles. The Kier molecular flexibility index (Phi) is 3.74. The number of hydrogen-bond donors (Lipinski definition) is 0. The van der Waals surface area contributed by atoms with Gasteiger partial charge in [0.1, 0.15) is 0 Å². The smallest absolute Gasteiger partial charge is 0.00201 e. The van der Waals surface area contributed by atoms with Crippen LogP contribution < -0.4 is 0 Å². The third kappa shape index (κ3) is 2.55. The second-order valence-electron chi connectivity index (χ2n) is 9.84. The summed E-state index contributed by atoms with van der Waals surface area (Å²) in [4.78, 5) is 0. The van der Waals surface area contributed by atoms with Crippen LogP contribution in [0, 0.1) is 6.92 Å². The van der Waals surface area contributed by atoms with E-state index in [0.29, 0.717) is 0 Å². The highest BCUT2D eigenvalue weighted by Gasteiger charge is 2.21. The molecule has 0 aliphatic carbocycles. The molecule has 0 aliphatic heterocycles. The van der Waals surface area contributed by atoms with Crippen LogP contribution in [0.5, 0.6) is 0 Å². The van der Waals surface area contributed by atoms with Gasteiger partial charge < -0.3 is 0 Å². The second kappa shape index (κ2) is 6.31. The SMILES string of the molecule is Cc1ccc2c3ccc(-c4ccccc4C(C)(C)C)c4cccc(c5cccc1c52)c43. The van der Waals surface area contributed by atoms with E-state index < -0.39 is 0 Å². The van der Waals surface area contributed by atoms with E-state index in [1.54, 1.807) is 0 Å². The molecule has 0 amide bonds. The zero-order chi connectivity index (χ0) is 21.3. The lowest BCUT2D eigenvalue weighted by Crippen LogP contribution is -2.12. The van der Waals surface area contributed by atoms with Gasteiger partial charge in [0.25, 0.3) is 0 Å². The van der Waals surface area contributed by atoms with Crippen molar-refractivity contribution >= 4 is 43.1 Å². The van der Waals surface area contributed by atoms with E-state index in [2.05, 4.69) is 113 Å². The Morgan fingerprint density at radius 3 is 1.71 bits per heavy atom. The molecular weight excluding hydrogens is 372 g/mol. The quantitative estimate of drug-likeness (QED) is 0.191. The average Bonchev–Trinajstić information content (AvgIpc) is 2.77. The molecule has 0 N–H and O–H groups in total. The maximum atomic E-state index is 2.35. The number of fused-ring (bicyclic) bond motifs is 2. The number of hydrogen-bond acceptors (Lipinski definition) is 0. The monoisotopic (exact) mass is 398 g/mol. The predicted octanol–water partition coefficient (Wildman–Crippen LogP) is 9.01. The van der Waals surface area contributed by atoms with Gasteiger partial charge in [-0.1, -0.05) is 106 Å². The van der Waals surface area contributed by atoms with Crippen LogP contribution in [0.4, 0.5) is 0 Å². The van der Waals surface area contributed by atoms with Crippen LogP contribution in [0.3, 0.4) is 0 Å². The fourth-order valence-corrected chi connectivity index (χ4v) is 5.46. The van der Waals surface area contributed by atoms with E-state index in [1.807, 2.05) is 0 Å². The number of aryl methyl sites for hydroxylation is 1. The molecule has 6 rings (SSSR count). The van der Waals surface area contributed by atoms with E-state index >= 15 is 0 Å². The van der Waals surface area contributed by atoms with Crippen molar-refractivity contribution in [1.82, 2.24) is 0 Å². The summed E-state index contributed by atoms with van der Waals surface area (Å²) in [5.41, 5.74) is 5.49. The van der Waals surface area contributed by atoms with E-state index in [-0.39, 0.29) is 5.41 Å². The van der Waals surface area contributed by atoms with E-state index in [0.717, 1.165) is 0 Å². The van der Waals surface area contributed by atoms with Gasteiger partial charge in [-0.3, -0.25) is 0 Å². The van der Waals surface area contributed by atoms with E-state index in [1.165, 1.54) is 65.3 Å². The van der Waals surface area contributed by atoms with Crippen LogP contribution >= 0.6 is 0 Å². The summed E-state index contributed by atoms with van der Waals surface area (Å²) in [5, 5.41) is 10.9. The first-order valence-electron chi connectivity index (χ1n) is 11.1. The highest BCUT2D eigenvalue weighted by Crippen LogP contribution is 2.44. The molecule has 0 aliphatic rings. The molecule has 0 heteroatoms. The third-order valence-electron chi connectivity index (χ3n) is 6.90. The lowest BCUT2D eigenvalue weighted by Gasteiger charge is -2.24. The van der Waals surface area contributed by atoms with Crippen LogP contribution in [-0.2, 0) is 5.41 Å². The molecule has 31 heavy (non-hydrogen) atoms. The molecule has 0 aromatic heterocycles. The highest BCUT2D eigenvalue weighted by atomic mass is 14.2. The van der Waals surface area contributed by atoms with Crippen molar-refractivity contribution in [3.63, 3.8) is 0 Å². The summed E-state index contributed by atoms with van der Waals surface area (Å²) in [6, 6.07) is 31.7. The summed E-state index contributed by atoms with van der Waals surface area (Å²) >= 11 is 0. The normalized spacial score (nSPS) is 12.5. The Labute approximate surface area is 183 Å². The van der Waals surface area contributed by atoms with Gasteiger partial charge in [-0.05, 0) is 77.7 Å². The molecule has 0 saturated carbocycles. The minimum Gasteiger partial charge on any atom is -0.0619 e. The van der Waals surface area contributed by atoms with Crippen molar-refractivity contribution in [2.45, 2.75) is 33.1 Å². The van der Waals surface area contributed by atoms with Crippen molar-refractivity contribution in [3.8, 4) is 11.1 Å². The van der Waals surface area contributed by atoms with Crippen molar-refractivity contribution in [3.05, 3.63) is 96.1 Å². The molecule has 150 valence electrons. The topological polar surface area (TPSA) is 0 Å². The lowest BCUT2D eigenvalue weighted by molar-refractivity contribution is 0.592. The Morgan fingerprint density at radius 1 is 0.452 bits per heavy atom. The highest BCUT2D eigenvalue weighted by molar-refractivity contribution is 6.34. The zero-order valence-electron chi connectivity index (χ0n) is 18.6. The minimum absolute atomic E-state index is 0.0893. The van der Waals surface area contributed by atoms with Crippen LogP contribution in [0.2, 0.25) is 0 Å². The van der Waals surface area contributed by atoms with Gasteiger partial charge in [0.05, 0.1) is 0 Å². The van der Waals surface area contributed by atoms with Gasteiger partial charge >= 0.3 is 0 Å². The van der Waals surface area contributed by atoms with Gasteiger partial charge in [-0.2, -0.15) is 0 Å². The molecule has 0 unspecified atom stereocenters. The van der Waals surface area contributed by atoms with Gasteiger partial charge in [0.15, 0.2) is 0 Å². The maximum Gasteiger partial charge on any atom is -0.00201 e. The predicted molar refractivity (Wildman–Crippen MR) is 137 cm³/mol. The summed E-state index contributed by atoms with van der Waals surface area (Å²) in [6.07, 6.45) is 0. The largest absolute Gasteiger partial charge is 0.0619 e. The van der Waals surface area contributed by atoms with Crippen LogP contribution in [0.25, 0.3) is 54.2 Å². The van der Waals surface area contributed by atoms with Crippen molar-refractivity contribution in [2.75, 3.05) is 0 Å². The summed E-state index contributed by atoms with van der Waals surface area (Å²) in [6.45, 7) is 9.12. The number of benzene rings is 6. The molecule has 0 radical (unpaired) electrons. The van der Waals surface area contributed by atoms with Gasteiger partial charge in [-0.15, -0.1) is 0 Å². The molecule has 6 aromatic carbocycles. The van der Waals surface area contributed by atoms with Gasteiger partial charge in [0, 0.05) is 0 Å². The Morgan fingerprint density at radius 2 is 1.00 bits per heavy atom. The van der Waals surface area contributed by atoms with Crippen LogP contribution in [0.1, 0.15) is 31.9 Å². The van der Waals surface area contributed by atoms with Crippen molar-refractivity contribution in [2.24, 2.45) is 0 Å². The van der Waals surface area contributed by atoms with Crippen LogP contribution in [-0.4, -0.2) is 0 Å². The first kappa shape index (κ1) is 18.4. The molecule has 0 heterocycles. The summed E-state index contributed by atoms with van der Waals surface area (Å²) in [7, 11) is 0. The van der Waals surface area contributed by atoms with E-state index in [4.69, 9.17) is 0 Å². The molecule has 0 fully saturated rings. The minimum atomic E-state index is 0.0893. The summed E-state index contributed by atoms with van der Waals surface area (Å²) in [5.74, 6) is 0. The molecule has 0 atom stereocenters. The zero-order valence-corrected chi connectivity index (χ0v) is 18.6. The average molecular weight is 399 g/mol. The molecule has 6 aromatic rings. The molecule has 0 spiro atoms. The molecular formula is C31H26. The Balaban J connectivity index is 1.83. The number of rotatable bonds is 1. The van der Waals surface area contributed by atoms with Crippen molar-refractivity contribution in [1.29, 1.82) is 0 Å². The molecule has 0 nitrogen and oxygen atoms in total. The summed E-state index contributed by atoms with van der Waals surface area (Å²) < 4.78 is 0. The second-order valence-corrected chi connectivity index (χ2v) is 9.84. The Hall–Kier alpha value is -3.38. The third-order valence-corrected chi connectivity index (χ3v) is 6.90. The maximum absolute atomic E-state index is 2.35. The first-order valence-corrected chi connectivity index (χ1v) is 11.1. The first-order chi connectivity index (χ1) is 14.9. The van der Waals surface area contributed by atoms with Gasteiger partial charge in [-0.25, -0.2) is 0 Å². The van der Waals surface area contributed by atoms with E-state index in [9.17, 15) is 0 Å². The molecule has 0 bridgehead atoms. The fraction of sp³-hybridized carbons (Fsp3) is 0.161. The van der Waals surface area contributed by atoms with Gasteiger partial charge in [0.2, 0.25) is 0 Å². The lowest BCUT2D eigenvalue weighted by atomic mass is 9.80. The van der Waals surface area contributed by atoms with Crippen molar-refractivity contribution < 1.29 is 0 Å².